The van der Waals surface area contributed by atoms with E-state index in [1.807, 2.05) is 7.05 Å². The molecule has 0 fully saturated rings. The number of aromatic nitrogens is 2. The molecule has 2 rings (SSSR count). The lowest BCUT2D eigenvalue weighted by Crippen LogP contribution is -2.05. The molecule has 16 heavy (non-hydrogen) atoms. The number of hydrogen-bond donors (Lipinski definition) is 2. The third kappa shape index (κ3) is 3.04. The van der Waals surface area contributed by atoms with Crippen LogP contribution in [0.5, 0.6) is 0 Å². The van der Waals surface area contributed by atoms with Gasteiger partial charge in [-0.15, -0.1) is 16.4 Å². The Labute approximate surface area is 97.9 Å². The summed E-state index contributed by atoms with van der Waals surface area (Å²) in [5, 5.41) is 15.9. The van der Waals surface area contributed by atoms with Gasteiger partial charge in [0.2, 0.25) is 5.89 Å². The maximum Gasteiger partial charge on any atom is 0.315 e. The molecular weight excluding hydrogens is 224 g/mol. The molecule has 6 heteroatoms. The summed E-state index contributed by atoms with van der Waals surface area (Å²) >= 11 is 1.75. The first kappa shape index (κ1) is 11.1. The topological polar surface area (TPSA) is 63.0 Å². The molecule has 2 aromatic heterocycles. The SMILES string of the molecule is CNCc1nnc(NCCc2cccs2)o1. The summed E-state index contributed by atoms with van der Waals surface area (Å²) in [6, 6.07) is 4.66. The maximum absolute atomic E-state index is 5.35. The molecule has 5 nitrogen and oxygen atoms in total. The molecule has 86 valence electrons. The second-order valence-electron chi connectivity index (χ2n) is 3.29. The first-order valence-electron chi connectivity index (χ1n) is 5.11. The second kappa shape index (κ2) is 5.62. The molecule has 0 saturated heterocycles. The third-order valence-electron chi connectivity index (χ3n) is 2.02. The lowest BCUT2D eigenvalue weighted by Gasteiger charge is -1.98. The largest absolute Gasteiger partial charge is 0.407 e. The Hall–Kier alpha value is -1.40. The van der Waals surface area contributed by atoms with Crippen molar-refractivity contribution in [3.63, 3.8) is 0 Å². The second-order valence-corrected chi connectivity index (χ2v) is 4.32. The zero-order valence-electron chi connectivity index (χ0n) is 9.06. The van der Waals surface area contributed by atoms with E-state index in [9.17, 15) is 0 Å². The van der Waals surface area contributed by atoms with E-state index in [4.69, 9.17) is 4.42 Å². The van der Waals surface area contributed by atoms with Gasteiger partial charge in [0.1, 0.15) is 0 Å². The highest BCUT2D eigenvalue weighted by molar-refractivity contribution is 7.09. The smallest absolute Gasteiger partial charge is 0.315 e. The van der Waals surface area contributed by atoms with E-state index in [1.54, 1.807) is 11.3 Å². The summed E-state index contributed by atoms with van der Waals surface area (Å²) in [6.45, 7) is 1.40. The first-order chi connectivity index (χ1) is 7.88. The summed E-state index contributed by atoms with van der Waals surface area (Å²) in [7, 11) is 1.84. The quantitative estimate of drug-likeness (QED) is 0.798. The number of rotatable bonds is 6. The van der Waals surface area contributed by atoms with Crippen LogP contribution in [0.1, 0.15) is 10.8 Å². The normalized spacial score (nSPS) is 10.6. The van der Waals surface area contributed by atoms with Crippen molar-refractivity contribution in [2.45, 2.75) is 13.0 Å². The van der Waals surface area contributed by atoms with Gasteiger partial charge in [-0.05, 0) is 24.9 Å². The lowest BCUT2D eigenvalue weighted by molar-refractivity contribution is 0.489. The van der Waals surface area contributed by atoms with Crippen LogP contribution in [0.15, 0.2) is 21.9 Å². The summed E-state index contributed by atoms with van der Waals surface area (Å²) in [5.74, 6) is 0.598. The monoisotopic (exact) mass is 238 g/mol. The summed E-state index contributed by atoms with van der Waals surface area (Å²) in [4.78, 5) is 1.35. The van der Waals surface area contributed by atoms with E-state index >= 15 is 0 Å². The average molecular weight is 238 g/mol. The number of thiophene rings is 1. The molecule has 2 N–H and O–H groups in total. The van der Waals surface area contributed by atoms with E-state index in [-0.39, 0.29) is 0 Å². The molecule has 0 spiro atoms. The van der Waals surface area contributed by atoms with Gasteiger partial charge in [-0.1, -0.05) is 11.2 Å². The molecule has 0 aliphatic rings. The van der Waals surface area contributed by atoms with Crippen LogP contribution in [0.25, 0.3) is 0 Å². The summed E-state index contributed by atoms with van der Waals surface area (Å²) in [5.41, 5.74) is 0. The van der Waals surface area contributed by atoms with Gasteiger partial charge in [-0.2, -0.15) is 0 Å². The predicted molar refractivity (Wildman–Crippen MR) is 63.6 cm³/mol. The predicted octanol–water partition coefficient (Wildman–Crippen LogP) is 1.51. The third-order valence-corrected chi connectivity index (χ3v) is 2.96. The average Bonchev–Trinajstić information content (AvgIpc) is 2.90. The molecule has 2 aromatic rings. The van der Waals surface area contributed by atoms with Gasteiger partial charge < -0.3 is 15.1 Å². The Kier molecular flexibility index (Phi) is 3.90. The Bertz CT molecular complexity index is 412. The minimum Gasteiger partial charge on any atom is -0.407 e. The van der Waals surface area contributed by atoms with Crippen LogP contribution in [0.3, 0.4) is 0 Å². The molecule has 0 unspecified atom stereocenters. The summed E-state index contributed by atoms with van der Waals surface area (Å²) in [6.07, 6.45) is 0.974. The Morgan fingerprint density at radius 3 is 3.12 bits per heavy atom. The number of nitrogens with one attached hydrogen (secondary N) is 2. The van der Waals surface area contributed by atoms with Crippen molar-refractivity contribution in [1.29, 1.82) is 0 Å². The number of nitrogens with zero attached hydrogens (tertiary/aromatic N) is 2. The van der Waals surface area contributed by atoms with Crippen LogP contribution < -0.4 is 10.6 Å². The highest BCUT2D eigenvalue weighted by Crippen LogP contribution is 2.10. The van der Waals surface area contributed by atoms with Gasteiger partial charge in [-0.3, -0.25) is 0 Å². The van der Waals surface area contributed by atoms with Crippen molar-refractivity contribution in [1.82, 2.24) is 15.5 Å². The molecule has 0 aliphatic carbocycles. The van der Waals surface area contributed by atoms with Crippen LogP contribution >= 0.6 is 11.3 Å². The van der Waals surface area contributed by atoms with Crippen LogP contribution in [0.4, 0.5) is 6.01 Å². The fourth-order valence-electron chi connectivity index (χ4n) is 1.30. The van der Waals surface area contributed by atoms with Crippen LogP contribution in [-0.4, -0.2) is 23.8 Å². The van der Waals surface area contributed by atoms with Gasteiger partial charge in [-0.25, -0.2) is 0 Å². The van der Waals surface area contributed by atoms with Crippen molar-refractivity contribution < 1.29 is 4.42 Å². The van der Waals surface area contributed by atoms with Crippen LogP contribution in [-0.2, 0) is 13.0 Å². The van der Waals surface area contributed by atoms with Gasteiger partial charge in [0, 0.05) is 11.4 Å². The minimum atomic E-state index is 0.488. The molecule has 0 aliphatic heterocycles. The van der Waals surface area contributed by atoms with E-state index in [2.05, 4.69) is 38.3 Å². The van der Waals surface area contributed by atoms with E-state index < -0.39 is 0 Å². The maximum atomic E-state index is 5.35. The zero-order chi connectivity index (χ0) is 11.2. The van der Waals surface area contributed by atoms with Crippen molar-refractivity contribution in [3.05, 3.63) is 28.3 Å². The molecule has 0 bridgehead atoms. The van der Waals surface area contributed by atoms with Gasteiger partial charge in [0.15, 0.2) is 0 Å². The minimum absolute atomic E-state index is 0.488. The van der Waals surface area contributed by atoms with Gasteiger partial charge in [0.25, 0.3) is 0 Å². The van der Waals surface area contributed by atoms with Crippen molar-refractivity contribution in [2.24, 2.45) is 0 Å². The van der Waals surface area contributed by atoms with Crippen LogP contribution in [0.2, 0.25) is 0 Å². The Morgan fingerprint density at radius 2 is 2.38 bits per heavy atom. The Balaban J connectivity index is 1.76. The van der Waals surface area contributed by atoms with Crippen molar-refractivity contribution in [2.75, 3.05) is 18.9 Å². The first-order valence-corrected chi connectivity index (χ1v) is 5.99. The molecule has 0 amide bonds. The molecule has 0 saturated carbocycles. The molecule has 0 radical (unpaired) electrons. The molecule has 0 aromatic carbocycles. The van der Waals surface area contributed by atoms with Crippen molar-refractivity contribution >= 4 is 17.4 Å². The molecule has 2 heterocycles. The highest BCUT2D eigenvalue weighted by Gasteiger charge is 2.03. The fraction of sp³-hybridized carbons (Fsp3) is 0.400. The lowest BCUT2D eigenvalue weighted by atomic mass is 10.3. The number of anilines is 1. The standard InChI is InChI=1S/C10H14N4OS/c1-11-7-9-13-14-10(15-9)12-5-4-8-3-2-6-16-8/h2-3,6,11H,4-5,7H2,1H3,(H,12,14). The van der Waals surface area contributed by atoms with Gasteiger partial charge >= 0.3 is 6.01 Å². The van der Waals surface area contributed by atoms with Gasteiger partial charge in [0.05, 0.1) is 6.54 Å². The fourth-order valence-corrected chi connectivity index (χ4v) is 2.00. The molecule has 0 atom stereocenters. The number of hydrogen-bond acceptors (Lipinski definition) is 6. The van der Waals surface area contributed by atoms with Crippen molar-refractivity contribution in [3.8, 4) is 0 Å². The molecular formula is C10H14N4OS. The highest BCUT2D eigenvalue weighted by atomic mass is 32.1. The van der Waals surface area contributed by atoms with E-state index in [0.29, 0.717) is 18.5 Å². The zero-order valence-corrected chi connectivity index (χ0v) is 9.88. The summed E-state index contributed by atoms with van der Waals surface area (Å²) < 4.78 is 5.35. The Morgan fingerprint density at radius 1 is 1.44 bits per heavy atom. The van der Waals surface area contributed by atoms with E-state index in [0.717, 1.165) is 13.0 Å². The van der Waals surface area contributed by atoms with E-state index in [1.165, 1.54) is 4.88 Å². The van der Waals surface area contributed by atoms with Crippen LogP contribution in [0, 0.1) is 0 Å².